The molecular weight excluding hydrogens is 625 g/mol. The van der Waals surface area contributed by atoms with Crippen LogP contribution in [0.25, 0.3) is 77.5 Å². The number of rotatable bonds is 6. The van der Waals surface area contributed by atoms with Crippen molar-refractivity contribution in [2.24, 2.45) is 0 Å². The second-order valence-electron chi connectivity index (χ2n) is 12.8. The van der Waals surface area contributed by atoms with Crippen LogP contribution in [0.3, 0.4) is 0 Å². The van der Waals surface area contributed by atoms with E-state index < -0.39 is 0 Å². The average molecular weight is 655 g/mol. The number of fused-ring (bicyclic) bond motifs is 5. The van der Waals surface area contributed by atoms with Gasteiger partial charge < -0.3 is 13.7 Å². The molecule has 2 aromatic heterocycles. The van der Waals surface area contributed by atoms with E-state index in [9.17, 15) is 0 Å². The van der Waals surface area contributed by atoms with Gasteiger partial charge in [-0.05, 0) is 94.2 Å². The van der Waals surface area contributed by atoms with E-state index in [1.165, 1.54) is 21.9 Å². The first-order valence-electron chi connectivity index (χ1n) is 17.1. The first-order chi connectivity index (χ1) is 25.3. The number of para-hydroxylation sites is 3. The molecule has 0 aliphatic heterocycles. The van der Waals surface area contributed by atoms with Crippen molar-refractivity contribution in [2.45, 2.75) is 0 Å². The molecule has 0 N–H and O–H groups in total. The Bertz CT molecular complexity index is 2870. The molecule has 0 atom stereocenters. The number of hydrogen-bond acceptors (Lipinski definition) is 4. The minimum absolute atomic E-state index is 0.577. The van der Waals surface area contributed by atoms with Gasteiger partial charge in [-0.3, -0.25) is 0 Å². The third-order valence-corrected chi connectivity index (χ3v) is 9.69. The summed E-state index contributed by atoms with van der Waals surface area (Å²) in [5, 5.41) is 4.53. The second kappa shape index (κ2) is 11.9. The van der Waals surface area contributed by atoms with Crippen LogP contribution in [0.5, 0.6) is 0 Å². The Balaban J connectivity index is 1.04. The molecule has 51 heavy (non-hydrogen) atoms. The van der Waals surface area contributed by atoms with Crippen LogP contribution in [0.4, 0.5) is 17.1 Å². The maximum absolute atomic E-state index is 6.60. The number of furan rings is 1. The predicted octanol–water partition coefficient (Wildman–Crippen LogP) is 13.4. The van der Waals surface area contributed by atoms with Gasteiger partial charge in [-0.15, -0.1) is 0 Å². The Kier molecular flexibility index (Phi) is 6.78. The maximum Gasteiger partial charge on any atom is 0.228 e. The van der Waals surface area contributed by atoms with Crippen molar-refractivity contribution in [3.8, 4) is 33.7 Å². The van der Waals surface area contributed by atoms with Gasteiger partial charge in [-0.2, -0.15) is 0 Å². The monoisotopic (exact) mass is 654 g/mol. The third-order valence-electron chi connectivity index (χ3n) is 9.69. The Labute approximate surface area is 294 Å². The largest absolute Gasteiger partial charge is 0.456 e. The van der Waals surface area contributed by atoms with E-state index in [1.54, 1.807) is 0 Å². The molecule has 0 amide bonds. The summed E-state index contributed by atoms with van der Waals surface area (Å²) in [6.45, 7) is 0. The number of aromatic nitrogens is 1. The van der Waals surface area contributed by atoms with E-state index in [0.29, 0.717) is 5.89 Å². The topological polar surface area (TPSA) is 42.4 Å². The van der Waals surface area contributed by atoms with Crippen molar-refractivity contribution in [2.75, 3.05) is 4.90 Å². The van der Waals surface area contributed by atoms with E-state index in [1.807, 2.05) is 42.5 Å². The molecule has 240 valence electrons. The number of oxazole rings is 1. The Hall–Kier alpha value is -6.91. The normalized spacial score (nSPS) is 11.5. The highest BCUT2D eigenvalue weighted by Gasteiger charge is 2.19. The lowest BCUT2D eigenvalue weighted by atomic mass is 10.00. The minimum Gasteiger partial charge on any atom is -0.456 e. The lowest BCUT2D eigenvalue weighted by Crippen LogP contribution is -2.09. The zero-order chi connectivity index (χ0) is 33.7. The van der Waals surface area contributed by atoms with Crippen LogP contribution in [0.15, 0.2) is 191 Å². The summed E-state index contributed by atoms with van der Waals surface area (Å²) in [4.78, 5) is 7.27. The molecule has 0 fully saturated rings. The molecule has 0 bridgehead atoms. The molecule has 10 rings (SSSR count). The fraction of sp³-hybridized carbons (Fsp3) is 0. The Morgan fingerprint density at radius 3 is 1.98 bits per heavy atom. The lowest BCUT2D eigenvalue weighted by molar-refractivity contribution is 0.621. The van der Waals surface area contributed by atoms with Crippen molar-refractivity contribution >= 4 is 60.9 Å². The first kappa shape index (κ1) is 29.0. The maximum atomic E-state index is 6.60. The lowest BCUT2D eigenvalue weighted by Gasteiger charge is -2.26. The van der Waals surface area contributed by atoms with Crippen molar-refractivity contribution in [1.29, 1.82) is 0 Å². The van der Waals surface area contributed by atoms with Crippen LogP contribution in [-0.4, -0.2) is 4.98 Å². The molecule has 2 heterocycles. The van der Waals surface area contributed by atoms with Crippen molar-refractivity contribution in [3.05, 3.63) is 182 Å². The summed E-state index contributed by atoms with van der Waals surface area (Å²) in [7, 11) is 0. The van der Waals surface area contributed by atoms with E-state index in [-0.39, 0.29) is 0 Å². The van der Waals surface area contributed by atoms with Gasteiger partial charge in [0.05, 0.1) is 0 Å². The van der Waals surface area contributed by atoms with E-state index in [0.717, 1.165) is 66.8 Å². The van der Waals surface area contributed by atoms with Gasteiger partial charge in [0.2, 0.25) is 5.89 Å². The van der Waals surface area contributed by atoms with Gasteiger partial charge >= 0.3 is 0 Å². The van der Waals surface area contributed by atoms with Gasteiger partial charge in [-0.25, -0.2) is 4.98 Å². The summed E-state index contributed by atoms with van der Waals surface area (Å²) in [6.07, 6.45) is 0. The van der Waals surface area contributed by atoms with Crippen LogP contribution in [-0.2, 0) is 0 Å². The average Bonchev–Trinajstić information content (AvgIpc) is 3.81. The fourth-order valence-electron chi connectivity index (χ4n) is 7.25. The molecule has 0 radical (unpaired) electrons. The predicted molar refractivity (Wildman–Crippen MR) is 210 cm³/mol. The van der Waals surface area contributed by atoms with E-state index >= 15 is 0 Å². The van der Waals surface area contributed by atoms with Crippen LogP contribution in [0, 0.1) is 0 Å². The van der Waals surface area contributed by atoms with Crippen LogP contribution in [0.2, 0.25) is 0 Å². The van der Waals surface area contributed by atoms with Crippen molar-refractivity contribution in [1.82, 2.24) is 4.98 Å². The van der Waals surface area contributed by atoms with Gasteiger partial charge in [0.15, 0.2) is 5.58 Å². The standard InChI is InChI=1S/C47H30N2O2/c1-2-14-36(15-3-1)49(38-16-8-13-34(30-38)35-24-23-31-11-4-5-12-33(31)29-35)37-27-25-32(26-28-37)39-18-9-20-42-46(39)51-47(48-42)41-19-10-22-44-45(41)40-17-6-7-21-43(40)50-44/h1-30H. The van der Waals surface area contributed by atoms with Crippen LogP contribution >= 0.6 is 0 Å². The smallest absolute Gasteiger partial charge is 0.228 e. The van der Waals surface area contributed by atoms with Gasteiger partial charge in [0.25, 0.3) is 0 Å². The van der Waals surface area contributed by atoms with Crippen molar-refractivity contribution < 1.29 is 8.83 Å². The molecule has 0 saturated carbocycles. The van der Waals surface area contributed by atoms with Crippen molar-refractivity contribution in [3.63, 3.8) is 0 Å². The first-order valence-corrected chi connectivity index (χ1v) is 17.1. The fourth-order valence-corrected chi connectivity index (χ4v) is 7.25. The summed E-state index contributed by atoms with van der Waals surface area (Å²) >= 11 is 0. The zero-order valence-corrected chi connectivity index (χ0v) is 27.5. The molecule has 4 nitrogen and oxygen atoms in total. The Morgan fingerprint density at radius 1 is 0.412 bits per heavy atom. The Morgan fingerprint density at radius 2 is 1.08 bits per heavy atom. The van der Waals surface area contributed by atoms with E-state index in [4.69, 9.17) is 13.8 Å². The summed E-state index contributed by atoms with van der Waals surface area (Å²) in [5.41, 5.74) is 11.8. The van der Waals surface area contributed by atoms with Gasteiger partial charge in [-0.1, -0.05) is 115 Å². The molecule has 10 aromatic rings. The number of anilines is 3. The van der Waals surface area contributed by atoms with Gasteiger partial charge in [0, 0.05) is 39.0 Å². The molecule has 0 unspecified atom stereocenters. The van der Waals surface area contributed by atoms with Crippen LogP contribution < -0.4 is 4.90 Å². The quantitative estimate of drug-likeness (QED) is 0.179. The molecular formula is C47H30N2O2. The molecule has 4 heteroatoms. The number of nitrogens with zero attached hydrogens (tertiary/aromatic N) is 2. The third kappa shape index (κ3) is 5.04. The SMILES string of the molecule is c1ccc(N(c2ccc(-c3cccc4nc(-c5cccc6oc7ccccc7c56)oc34)cc2)c2cccc(-c3ccc4ccccc4c3)c2)cc1. The summed E-state index contributed by atoms with van der Waals surface area (Å²) in [5.74, 6) is 0.577. The highest BCUT2D eigenvalue weighted by molar-refractivity contribution is 6.12. The molecule has 0 spiro atoms. The summed E-state index contributed by atoms with van der Waals surface area (Å²) in [6, 6.07) is 63.4. The number of hydrogen-bond donors (Lipinski definition) is 0. The summed E-state index contributed by atoms with van der Waals surface area (Å²) < 4.78 is 12.7. The second-order valence-corrected chi connectivity index (χ2v) is 12.8. The molecule has 8 aromatic carbocycles. The molecule has 0 saturated heterocycles. The van der Waals surface area contributed by atoms with Crippen LogP contribution in [0.1, 0.15) is 0 Å². The zero-order valence-electron chi connectivity index (χ0n) is 27.5. The highest BCUT2D eigenvalue weighted by atomic mass is 16.4. The van der Waals surface area contributed by atoms with E-state index in [2.05, 4.69) is 144 Å². The minimum atomic E-state index is 0.577. The van der Waals surface area contributed by atoms with Gasteiger partial charge in [0.1, 0.15) is 16.7 Å². The number of benzene rings is 8. The molecule has 0 aliphatic rings. The molecule has 0 aliphatic carbocycles. The highest BCUT2D eigenvalue weighted by Crippen LogP contribution is 2.41.